The van der Waals surface area contributed by atoms with Crippen molar-refractivity contribution in [3.05, 3.63) is 0 Å². The van der Waals surface area contributed by atoms with Crippen molar-refractivity contribution in [3.8, 4) is 0 Å². The highest BCUT2D eigenvalue weighted by molar-refractivity contribution is 5.66. The monoisotopic (exact) mass is 258 g/mol. The molecule has 1 saturated heterocycles. The van der Waals surface area contributed by atoms with Crippen LogP contribution in [0.15, 0.2) is 0 Å². The lowest BCUT2D eigenvalue weighted by atomic mass is 9.98. The number of hydrogen-bond donors (Lipinski definition) is 2. The zero-order chi connectivity index (χ0) is 13.5. The minimum absolute atomic E-state index is 0.0428. The van der Waals surface area contributed by atoms with Crippen LogP contribution in [0, 0.1) is 5.92 Å². The summed E-state index contributed by atoms with van der Waals surface area (Å²) in [5.74, 6) is -0.175. The molecule has 106 valence electrons. The maximum Gasteiger partial charge on any atom is 0.303 e. The van der Waals surface area contributed by atoms with Crippen LogP contribution < -0.4 is 0 Å². The molecule has 1 rings (SSSR count). The van der Waals surface area contributed by atoms with Gasteiger partial charge in [0.1, 0.15) is 0 Å². The largest absolute Gasteiger partial charge is 0.481 e. The SMILES string of the molecule is CN1CCCC(CN(C)CC(O)CCC(=O)O)C1. The van der Waals surface area contributed by atoms with E-state index in [1.54, 1.807) is 0 Å². The van der Waals surface area contributed by atoms with Crippen molar-refractivity contribution in [2.24, 2.45) is 5.92 Å². The summed E-state index contributed by atoms with van der Waals surface area (Å²) in [6.07, 6.45) is 2.34. The average molecular weight is 258 g/mol. The van der Waals surface area contributed by atoms with Crippen LogP contribution in [-0.4, -0.2) is 72.4 Å². The molecule has 18 heavy (non-hydrogen) atoms. The fourth-order valence-corrected chi connectivity index (χ4v) is 2.68. The molecule has 1 aliphatic heterocycles. The predicted molar refractivity (Wildman–Crippen MR) is 70.6 cm³/mol. The first kappa shape index (κ1) is 15.4. The molecule has 0 radical (unpaired) electrons. The maximum atomic E-state index is 10.4. The summed E-state index contributed by atoms with van der Waals surface area (Å²) in [6.45, 7) is 3.85. The number of rotatable bonds is 7. The maximum absolute atomic E-state index is 10.4. The summed E-state index contributed by atoms with van der Waals surface area (Å²) in [4.78, 5) is 14.9. The molecule has 1 heterocycles. The van der Waals surface area contributed by atoms with Crippen LogP contribution in [0.2, 0.25) is 0 Å². The third-order valence-electron chi connectivity index (χ3n) is 3.51. The van der Waals surface area contributed by atoms with Gasteiger partial charge in [0, 0.05) is 26.1 Å². The number of carboxylic acids is 1. The fourth-order valence-electron chi connectivity index (χ4n) is 2.68. The third kappa shape index (κ3) is 6.33. The van der Waals surface area contributed by atoms with Gasteiger partial charge >= 0.3 is 5.97 Å². The number of carbonyl (C=O) groups is 1. The highest BCUT2D eigenvalue weighted by atomic mass is 16.4. The highest BCUT2D eigenvalue weighted by Crippen LogP contribution is 2.16. The van der Waals surface area contributed by atoms with E-state index in [-0.39, 0.29) is 6.42 Å². The zero-order valence-corrected chi connectivity index (χ0v) is 11.5. The summed E-state index contributed by atoms with van der Waals surface area (Å²) in [7, 11) is 4.15. The van der Waals surface area contributed by atoms with Gasteiger partial charge in [-0.15, -0.1) is 0 Å². The molecule has 0 aromatic carbocycles. The molecule has 2 N–H and O–H groups in total. The molecule has 0 spiro atoms. The van der Waals surface area contributed by atoms with Crippen LogP contribution in [0.1, 0.15) is 25.7 Å². The van der Waals surface area contributed by atoms with Gasteiger partial charge in [0.05, 0.1) is 6.10 Å². The lowest BCUT2D eigenvalue weighted by Crippen LogP contribution is -2.40. The van der Waals surface area contributed by atoms with E-state index in [0.29, 0.717) is 18.9 Å². The summed E-state index contributed by atoms with van der Waals surface area (Å²) in [5.41, 5.74) is 0. The van der Waals surface area contributed by atoms with Crippen molar-refractivity contribution < 1.29 is 15.0 Å². The molecular weight excluding hydrogens is 232 g/mol. The molecule has 0 amide bonds. The lowest BCUT2D eigenvalue weighted by Gasteiger charge is -2.33. The van der Waals surface area contributed by atoms with Crippen LogP contribution in [0.3, 0.4) is 0 Å². The van der Waals surface area contributed by atoms with E-state index < -0.39 is 12.1 Å². The summed E-state index contributed by atoms with van der Waals surface area (Å²) >= 11 is 0. The van der Waals surface area contributed by atoms with Crippen molar-refractivity contribution in [1.29, 1.82) is 0 Å². The van der Waals surface area contributed by atoms with Gasteiger partial charge in [-0.05, 0) is 45.8 Å². The highest BCUT2D eigenvalue weighted by Gasteiger charge is 2.19. The van der Waals surface area contributed by atoms with E-state index in [0.717, 1.165) is 13.1 Å². The number of carboxylic acid groups (broad SMARTS) is 1. The van der Waals surface area contributed by atoms with Crippen molar-refractivity contribution in [2.75, 3.05) is 40.3 Å². The van der Waals surface area contributed by atoms with Gasteiger partial charge in [-0.3, -0.25) is 4.79 Å². The zero-order valence-electron chi connectivity index (χ0n) is 11.5. The topological polar surface area (TPSA) is 64.0 Å². The molecule has 2 unspecified atom stereocenters. The van der Waals surface area contributed by atoms with Gasteiger partial charge in [-0.25, -0.2) is 0 Å². The lowest BCUT2D eigenvalue weighted by molar-refractivity contribution is -0.137. The molecule has 5 heteroatoms. The summed E-state index contributed by atoms with van der Waals surface area (Å²) < 4.78 is 0. The second-order valence-corrected chi connectivity index (χ2v) is 5.58. The van der Waals surface area contributed by atoms with Gasteiger partial charge in [0.25, 0.3) is 0 Å². The Balaban J connectivity index is 2.19. The van der Waals surface area contributed by atoms with E-state index in [4.69, 9.17) is 5.11 Å². The number of likely N-dealkylation sites (tertiary alicyclic amines) is 1. The van der Waals surface area contributed by atoms with Gasteiger partial charge in [-0.1, -0.05) is 0 Å². The van der Waals surface area contributed by atoms with Crippen LogP contribution in [0.4, 0.5) is 0 Å². The van der Waals surface area contributed by atoms with Crippen LogP contribution in [0.5, 0.6) is 0 Å². The van der Waals surface area contributed by atoms with Crippen molar-refractivity contribution in [2.45, 2.75) is 31.8 Å². The molecule has 0 aliphatic carbocycles. The van der Waals surface area contributed by atoms with Gasteiger partial charge < -0.3 is 20.0 Å². The number of nitrogens with zero attached hydrogens (tertiary/aromatic N) is 2. The molecule has 0 aromatic heterocycles. The molecular formula is C13H26N2O3. The first-order valence-corrected chi connectivity index (χ1v) is 6.74. The number of likely N-dealkylation sites (N-methyl/N-ethyl adjacent to an activating group) is 1. The number of aliphatic hydroxyl groups excluding tert-OH is 1. The Morgan fingerprint density at radius 2 is 2.28 bits per heavy atom. The summed E-state index contributed by atoms with van der Waals surface area (Å²) in [5, 5.41) is 18.3. The number of piperidine rings is 1. The smallest absolute Gasteiger partial charge is 0.303 e. The number of hydrogen-bond acceptors (Lipinski definition) is 4. The molecule has 0 aromatic rings. The Labute approximate surface area is 109 Å². The Morgan fingerprint density at radius 3 is 2.89 bits per heavy atom. The van der Waals surface area contributed by atoms with Crippen molar-refractivity contribution in [3.63, 3.8) is 0 Å². The van der Waals surface area contributed by atoms with E-state index in [2.05, 4.69) is 16.8 Å². The normalized spacial score (nSPS) is 23.2. The molecule has 1 fully saturated rings. The summed E-state index contributed by atoms with van der Waals surface area (Å²) in [6, 6.07) is 0. The van der Waals surface area contributed by atoms with E-state index in [9.17, 15) is 9.90 Å². The minimum atomic E-state index is -0.842. The molecule has 0 saturated carbocycles. The number of aliphatic hydroxyl groups is 1. The standard InChI is InChI=1S/C13H26N2O3/c1-14-7-3-4-11(8-14)9-15(2)10-12(16)5-6-13(17)18/h11-12,16H,3-10H2,1-2H3,(H,17,18). The van der Waals surface area contributed by atoms with E-state index in [1.165, 1.54) is 19.4 Å². The second-order valence-electron chi connectivity index (χ2n) is 5.58. The Morgan fingerprint density at radius 1 is 1.56 bits per heavy atom. The molecule has 1 aliphatic rings. The predicted octanol–water partition coefficient (Wildman–Crippen LogP) is 0.486. The Bertz CT molecular complexity index is 261. The van der Waals surface area contributed by atoms with Gasteiger partial charge in [0.15, 0.2) is 0 Å². The minimum Gasteiger partial charge on any atom is -0.481 e. The quantitative estimate of drug-likeness (QED) is 0.695. The third-order valence-corrected chi connectivity index (χ3v) is 3.51. The van der Waals surface area contributed by atoms with Gasteiger partial charge in [-0.2, -0.15) is 0 Å². The van der Waals surface area contributed by atoms with Crippen LogP contribution in [-0.2, 0) is 4.79 Å². The van der Waals surface area contributed by atoms with E-state index in [1.807, 2.05) is 7.05 Å². The molecule has 5 nitrogen and oxygen atoms in total. The van der Waals surface area contributed by atoms with Crippen molar-refractivity contribution >= 4 is 5.97 Å². The Kier molecular flexibility index (Phi) is 6.60. The molecule has 0 bridgehead atoms. The fraction of sp³-hybridized carbons (Fsp3) is 0.923. The van der Waals surface area contributed by atoms with Gasteiger partial charge in [0.2, 0.25) is 0 Å². The van der Waals surface area contributed by atoms with Crippen LogP contribution >= 0.6 is 0 Å². The van der Waals surface area contributed by atoms with Crippen LogP contribution in [0.25, 0.3) is 0 Å². The molecule has 2 atom stereocenters. The number of aliphatic carboxylic acids is 1. The van der Waals surface area contributed by atoms with Crippen molar-refractivity contribution in [1.82, 2.24) is 9.80 Å². The first-order chi connectivity index (χ1) is 8.47. The average Bonchev–Trinajstić information content (AvgIpc) is 2.26. The Hall–Kier alpha value is -0.650. The first-order valence-electron chi connectivity index (χ1n) is 6.74. The van der Waals surface area contributed by atoms with E-state index >= 15 is 0 Å². The second kappa shape index (κ2) is 7.71.